The van der Waals surface area contributed by atoms with Gasteiger partial charge in [0.25, 0.3) is 0 Å². The number of aromatic amines is 1. The second-order valence-corrected chi connectivity index (χ2v) is 6.06. The molecule has 0 aliphatic rings. The highest BCUT2D eigenvalue weighted by molar-refractivity contribution is 5.90. The molecule has 0 radical (unpaired) electrons. The van der Waals surface area contributed by atoms with Crippen molar-refractivity contribution in [1.29, 1.82) is 0 Å². The molecule has 26 heavy (non-hydrogen) atoms. The predicted octanol–water partition coefficient (Wildman–Crippen LogP) is 5.54. The molecule has 5 aromatic rings. The van der Waals surface area contributed by atoms with E-state index in [-0.39, 0.29) is 0 Å². The summed E-state index contributed by atoms with van der Waals surface area (Å²) in [5.74, 6) is 0.623. The molecule has 0 aliphatic heterocycles. The quantitative estimate of drug-likeness (QED) is 0.470. The van der Waals surface area contributed by atoms with E-state index in [4.69, 9.17) is 4.42 Å². The third kappa shape index (κ3) is 2.48. The minimum atomic E-state index is 0.623. The molecule has 124 valence electrons. The van der Waals surface area contributed by atoms with Gasteiger partial charge in [-0.15, -0.1) is 0 Å². The average molecular weight is 337 g/mol. The van der Waals surface area contributed by atoms with Crippen LogP contribution in [0.1, 0.15) is 11.3 Å². The molecule has 5 rings (SSSR count). The molecule has 0 atom stereocenters. The van der Waals surface area contributed by atoms with Crippen LogP contribution in [-0.4, -0.2) is 15.2 Å². The highest BCUT2D eigenvalue weighted by atomic mass is 16.3. The molecule has 1 N–H and O–H groups in total. The summed E-state index contributed by atoms with van der Waals surface area (Å²) in [5.41, 5.74) is 5.58. The number of rotatable bonds is 3. The topological polar surface area (TPSA) is 54.7 Å². The van der Waals surface area contributed by atoms with Crippen molar-refractivity contribution < 1.29 is 4.42 Å². The second-order valence-electron chi connectivity index (χ2n) is 6.06. The maximum atomic E-state index is 5.94. The Kier molecular flexibility index (Phi) is 3.39. The summed E-state index contributed by atoms with van der Waals surface area (Å²) in [4.78, 5) is 4.62. The lowest BCUT2D eigenvalue weighted by atomic mass is 10.1. The van der Waals surface area contributed by atoms with Gasteiger partial charge in [0.1, 0.15) is 5.52 Å². The molecule has 0 saturated carbocycles. The highest BCUT2D eigenvalue weighted by Crippen LogP contribution is 2.28. The van der Waals surface area contributed by atoms with E-state index in [9.17, 15) is 0 Å². The summed E-state index contributed by atoms with van der Waals surface area (Å²) in [6, 6.07) is 24.0. The third-order valence-electron chi connectivity index (χ3n) is 4.41. The molecule has 0 amide bonds. The minimum absolute atomic E-state index is 0.623. The number of nitrogens with one attached hydrogen (secondary N) is 1. The molecule has 0 aliphatic carbocycles. The Balaban J connectivity index is 1.58. The smallest absolute Gasteiger partial charge is 0.227 e. The molecule has 2 heterocycles. The fourth-order valence-electron chi connectivity index (χ4n) is 3.10. The lowest BCUT2D eigenvalue weighted by Crippen LogP contribution is -1.83. The molecule has 4 heteroatoms. The van der Waals surface area contributed by atoms with Gasteiger partial charge < -0.3 is 4.42 Å². The summed E-state index contributed by atoms with van der Waals surface area (Å²) in [7, 11) is 0. The van der Waals surface area contributed by atoms with Crippen molar-refractivity contribution in [3.05, 3.63) is 84.1 Å². The van der Waals surface area contributed by atoms with Gasteiger partial charge in [-0.2, -0.15) is 5.10 Å². The standard InChI is InChI=1S/C22H15N3O/c1-2-8-16(22-23-20-11-5-6-12-21(20)26-22)15(7-1)13-14-19-17-9-3-4-10-18(17)24-25-19/h1-14H,(H,24,25)/b14-13+. The van der Waals surface area contributed by atoms with Gasteiger partial charge in [-0.25, -0.2) is 4.98 Å². The van der Waals surface area contributed by atoms with E-state index in [1.165, 1.54) is 0 Å². The highest BCUT2D eigenvalue weighted by Gasteiger charge is 2.10. The molecule has 4 nitrogen and oxygen atoms in total. The first kappa shape index (κ1) is 14.7. The number of H-pyrrole nitrogens is 1. The van der Waals surface area contributed by atoms with Crippen molar-refractivity contribution in [2.75, 3.05) is 0 Å². The first-order valence-corrected chi connectivity index (χ1v) is 8.45. The molecule has 0 saturated heterocycles. The van der Waals surface area contributed by atoms with Crippen LogP contribution in [0.4, 0.5) is 0 Å². The summed E-state index contributed by atoms with van der Waals surface area (Å²) in [6.45, 7) is 0. The number of para-hydroxylation sites is 3. The van der Waals surface area contributed by atoms with Crippen LogP contribution in [0.2, 0.25) is 0 Å². The summed E-state index contributed by atoms with van der Waals surface area (Å²) >= 11 is 0. The van der Waals surface area contributed by atoms with E-state index < -0.39 is 0 Å². The van der Waals surface area contributed by atoms with E-state index >= 15 is 0 Å². The van der Waals surface area contributed by atoms with Crippen molar-refractivity contribution in [2.24, 2.45) is 0 Å². The number of oxazole rings is 1. The third-order valence-corrected chi connectivity index (χ3v) is 4.41. The molecule has 3 aromatic carbocycles. The monoisotopic (exact) mass is 337 g/mol. The van der Waals surface area contributed by atoms with Crippen LogP contribution in [0.3, 0.4) is 0 Å². The summed E-state index contributed by atoms with van der Waals surface area (Å²) in [5, 5.41) is 8.55. The van der Waals surface area contributed by atoms with Crippen molar-refractivity contribution in [1.82, 2.24) is 15.2 Å². The first-order chi connectivity index (χ1) is 12.9. The van der Waals surface area contributed by atoms with E-state index in [0.717, 1.165) is 38.8 Å². The van der Waals surface area contributed by atoms with E-state index in [1.54, 1.807) is 0 Å². The lowest BCUT2D eigenvalue weighted by molar-refractivity contribution is 0.619. The SMILES string of the molecule is C(=C\c1n[nH]c2ccccc12)/c1ccccc1-c1nc2ccccc2o1. The molecule has 0 bridgehead atoms. The van der Waals surface area contributed by atoms with Gasteiger partial charge in [0.2, 0.25) is 5.89 Å². The Hall–Kier alpha value is -3.66. The number of hydrogen-bond donors (Lipinski definition) is 1. The van der Waals surface area contributed by atoms with Gasteiger partial charge in [0, 0.05) is 10.9 Å². The fraction of sp³-hybridized carbons (Fsp3) is 0. The van der Waals surface area contributed by atoms with Crippen molar-refractivity contribution in [3.63, 3.8) is 0 Å². The zero-order chi connectivity index (χ0) is 17.3. The number of nitrogens with zero attached hydrogens (tertiary/aromatic N) is 2. The van der Waals surface area contributed by atoms with Gasteiger partial charge in [-0.1, -0.05) is 54.6 Å². The fourth-order valence-corrected chi connectivity index (χ4v) is 3.10. The maximum absolute atomic E-state index is 5.94. The van der Waals surface area contributed by atoms with Crippen LogP contribution >= 0.6 is 0 Å². The Morgan fingerprint density at radius 1 is 0.808 bits per heavy atom. The largest absolute Gasteiger partial charge is 0.436 e. The van der Waals surface area contributed by atoms with Gasteiger partial charge in [0.05, 0.1) is 11.2 Å². The number of fused-ring (bicyclic) bond motifs is 2. The average Bonchev–Trinajstić information content (AvgIpc) is 3.30. The van der Waals surface area contributed by atoms with E-state index in [1.807, 2.05) is 72.8 Å². The summed E-state index contributed by atoms with van der Waals surface area (Å²) in [6.07, 6.45) is 4.06. The Morgan fingerprint density at radius 2 is 1.62 bits per heavy atom. The Labute approximate surface area is 149 Å². The number of hydrogen-bond acceptors (Lipinski definition) is 3. The van der Waals surface area contributed by atoms with Crippen LogP contribution in [0.15, 0.2) is 77.2 Å². The van der Waals surface area contributed by atoms with Crippen LogP contribution in [0, 0.1) is 0 Å². The van der Waals surface area contributed by atoms with E-state index in [2.05, 4.69) is 27.3 Å². The van der Waals surface area contributed by atoms with Gasteiger partial charge in [-0.05, 0) is 35.9 Å². The van der Waals surface area contributed by atoms with Crippen molar-refractivity contribution >= 4 is 34.2 Å². The molecular weight excluding hydrogens is 322 g/mol. The maximum Gasteiger partial charge on any atom is 0.227 e. The molecule has 0 spiro atoms. The molecular formula is C22H15N3O. The van der Waals surface area contributed by atoms with Crippen molar-refractivity contribution in [2.45, 2.75) is 0 Å². The zero-order valence-electron chi connectivity index (χ0n) is 13.9. The predicted molar refractivity (Wildman–Crippen MR) is 104 cm³/mol. The Bertz CT molecular complexity index is 1210. The zero-order valence-corrected chi connectivity index (χ0v) is 13.9. The summed E-state index contributed by atoms with van der Waals surface area (Å²) < 4.78 is 5.94. The first-order valence-electron chi connectivity index (χ1n) is 8.45. The Morgan fingerprint density at radius 3 is 2.58 bits per heavy atom. The molecule has 0 unspecified atom stereocenters. The van der Waals surface area contributed by atoms with Crippen LogP contribution in [-0.2, 0) is 0 Å². The van der Waals surface area contributed by atoms with Gasteiger partial charge in [-0.3, -0.25) is 5.10 Å². The van der Waals surface area contributed by atoms with Crippen LogP contribution in [0.5, 0.6) is 0 Å². The van der Waals surface area contributed by atoms with Gasteiger partial charge in [0.15, 0.2) is 5.58 Å². The number of aromatic nitrogens is 3. The van der Waals surface area contributed by atoms with Crippen LogP contribution < -0.4 is 0 Å². The second kappa shape index (κ2) is 6.01. The normalized spacial score (nSPS) is 11.7. The molecule has 0 fully saturated rings. The minimum Gasteiger partial charge on any atom is -0.436 e. The lowest BCUT2D eigenvalue weighted by Gasteiger charge is -2.01. The van der Waals surface area contributed by atoms with Crippen LogP contribution in [0.25, 0.3) is 45.6 Å². The van der Waals surface area contributed by atoms with Crippen molar-refractivity contribution in [3.8, 4) is 11.5 Å². The molecule has 2 aromatic heterocycles. The number of benzene rings is 3. The van der Waals surface area contributed by atoms with Gasteiger partial charge >= 0.3 is 0 Å². The van der Waals surface area contributed by atoms with E-state index in [0.29, 0.717) is 5.89 Å².